The van der Waals surface area contributed by atoms with Gasteiger partial charge in [0.2, 0.25) is 0 Å². The van der Waals surface area contributed by atoms with Crippen molar-refractivity contribution >= 4 is 29.5 Å². The molecule has 0 saturated carbocycles. The Morgan fingerprint density at radius 2 is 1.74 bits per heavy atom. The molecule has 0 aliphatic rings. The fourth-order valence-electron chi connectivity index (χ4n) is 2.80. The number of rotatable bonds is 7. The number of anilines is 1. The van der Waals surface area contributed by atoms with Gasteiger partial charge in [0.25, 0.3) is 5.91 Å². The van der Waals surface area contributed by atoms with E-state index in [0.717, 1.165) is 16.8 Å². The lowest BCUT2D eigenvalue weighted by atomic mass is 10.1. The lowest BCUT2D eigenvalue weighted by Crippen LogP contribution is -2.20. The summed E-state index contributed by atoms with van der Waals surface area (Å²) in [4.78, 5) is 28.1. The highest BCUT2D eigenvalue weighted by molar-refractivity contribution is 5.92. The Labute approximate surface area is 181 Å². The molecule has 0 atom stereocenters. The number of amides is 1. The fourth-order valence-corrected chi connectivity index (χ4v) is 2.80. The van der Waals surface area contributed by atoms with Crippen LogP contribution in [0.2, 0.25) is 0 Å². The molecule has 0 saturated heterocycles. The molecule has 0 aromatic heterocycles. The van der Waals surface area contributed by atoms with Gasteiger partial charge in [-0.2, -0.15) is 0 Å². The average Bonchev–Trinajstić information content (AvgIpc) is 2.79. The first-order valence-electron chi connectivity index (χ1n) is 9.77. The molecule has 6 heteroatoms. The quantitative estimate of drug-likeness (QED) is 0.441. The summed E-state index contributed by atoms with van der Waals surface area (Å²) in [5.41, 5.74) is 5.03. The first-order valence-corrected chi connectivity index (χ1v) is 9.77. The zero-order valence-corrected chi connectivity index (χ0v) is 17.7. The van der Waals surface area contributed by atoms with Gasteiger partial charge in [-0.3, -0.25) is 9.79 Å². The van der Waals surface area contributed by atoms with Gasteiger partial charge in [-0.05, 0) is 79.1 Å². The summed E-state index contributed by atoms with van der Waals surface area (Å²) in [7, 11) is 1.34. The van der Waals surface area contributed by atoms with E-state index in [1.807, 2.05) is 44.2 Å². The zero-order chi connectivity index (χ0) is 22.2. The largest absolute Gasteiger partial charge is 0.484 e. The van der Waals surface area contributed by atoms with Gasteiger partial charge >= 0.3 is 5.97 Å². The molecule has 0 aliphatic heterocycles. The minimum atomic E-state index is -0.387. The van der Waals surface area contributed by atoms with Crippen molar-refractivity contribution in [3.8, 4) is 5.75 Å². The third kappa shape index (κ3) is 6.27. The molecule has 31 heavy (non-hydrogen) atoms. The maximum absolute atomic E-state index is 12.2. The van der Waals surface area contributed by atoms with E-state index < -0.39 is 0 Å². The second-order valence-electron chi connectivity index (χ2n) is 7.01. The minimum Gasteiger partial charge on any atom is -0.484 e. The maximum Gasteiger partial charge on any atom is 0.337 e. The Balaban J connectivity index is 1.57. The van der Waals surface area contributed by atoms with Crippen molar-refractivity contribution < 1.29 is 19.1 Å². The Morgan fingerprint density at radius 3 is 2.45 bits per heavy atom. The van der Waals surface area contributed by atoms with Crippen LogP contribution in [-0.4, -0.2) is 31.8 Å². The summed E-state index contributed by atoms with van der Waals surface area (Å²) in [6.45, 7) is 3.93. The summed E-state index contributed by atoms with van der Waals surface area (Å²) < 4.78 is 10.3. The number of hydrogen-bond donors (Lipinski definition) is 1. The van der Waals surface area contributed by atoms with Gasteiger partial charge in [0, 0.05) is 11.9 Å². The molecule has 0 spiro atoms. The van der Waals surface area contributed by atoms with Crippen molar-refractivity contribution in [2.75, 3.05) is 19.0 Å². The van der Waals surface area contributed by atoms with Crippen molar-refractivity contribution in [1.82, 2.24) is 0 Å². The minimum absolute atomic E-state index is 0.0947. The molecule has 6 nitrogen and oxygen atoms in total. The monoisotopic (exact) mass is 416 g/mol. The predicted octanol–water partition coefficient (Wildman–Crippen LogP) is 4.86. The van der Waals surface area contributed by atoms with E-state index >= 15 is 0 Å². The number of nitrogens with one attached hydrogen (secondary N) is 1. The van der Waals surface area contributed by atoms with Crippen LogP contribution in [-0.2, 0) is 9.53 Å². The Hall–Kier alpha value is -3.93. The average molecular weight is 416 g/mol. The van der Waals surface area contributed by atoms with Crippen LogP contribution in [0, 0.1) is 13.8 Å². The van der Waals surface area contributed by atoms with Crippen LogP contribution >= 0.6 is 0 Å². The molecule has 1 N–H and O–H groups in total. The van der Waals surface area contributed by atoms with Gasteiger partial charge < -0.3 is 14.8 Å². The summed E-state index contributed by atoms with van der Waals surface area (Å²) in [5, 5.41) is 2.83. The van der Waals surface area contributed by atoms with Crippen molar-refractivity contribution in [1.29, 1.82) is 0 Å². The molecule has 0 radical (unpaired) electrons. The molecular formula is C25H24N2O4. The van der Waals surface area contributed by atoms with Gasteiger partial charge in [0.05, 0.1) is 18.4 Å². The Morgan fingerprint density at radius 1 is 0.968 bits per heavy atom. The lowest BCUT2D eigenvalue weighted by Gasteiger charge is -2.09. The fraction of sp³-hybridized carbons (Fsp3) is 0.160. The summed E-state index contributed by atoms with van der Waals surface area (Å²) in [6, 6.07) is 19.9. The number of aliphatic imine (C=N–C) groups is 1. The molecule has 3 rings (SSSR count). The number of hydrogen-bond acceptors (Lipinski definition) is 5. The van der Waals surface area contributed by atoms with Gasteiger partial charge in [-0.25, -0.2) is 4.79 Å². The number of carbonyl (C=O) groups is 2. The summed E-state index contributed by atoms with van der Waals surface area (Å²) in [5.74, 6) is -0.0461. The highest BCUT2D eigenvalue weighted by Gasteiger charge is 2.06. The van der Waals surface area contributed by atoms with E-state index in [9.17, 15) is 9.59 Å². The normalized spacial score (nSPS) is 10.7. The van der Waals surface area contributed by atoms with Crippen LogP contribution in [0.5, 0.6) is 5.75 Å². The van der Waals surface area contributed by atoms with Crippen molar-refractivity contribution in [2.24, 2.45) is 4.99 Å². The maximum atomic E-state index is 12.2. The van der Waals surface area contributed by atoms with Gasteiger partial charge in [-0.15, -0.1) is 0 Å². The first-order chi connectivity index (χ1) is 14.9. The molecule has 1 amide bonds. The zero-order valence-electron chi connectivity index (χ0n) is 17.7. The molecule has 0 fully saturated rings. The molecular weight excluding hydrogens is 392 g/mol. The second-order valence-corrected chi connectivity index (χ2v) is 7.01. The Kier molecular flexibility index (Phi) is 7.17. The van der Waals surface area contributed by atoms with Crippen molar-refractivity contribution in [3.05, 3.63) is 89.0 Å². The third-order valence-electron chi connectivity index (χ3n) is 4.67. The van der Waals surface area contributed by atoms with Gasteiger partial charge in [0.1, 0.15) is 5.75 Å². The van der Waals surface area contributed by atoms with E-state index in [1.54, 1.807) is 42.6 Å². The SMILES string of the molecule is COC(=O)c1ccc(N=Cc2cccc(OCC(=O)Nc3ccc(C)c(C)c3)c2)cc1. The van der Waals surface area contributed by atoms with Crippen LogP contribution in [0.3, 0.4) is 0 Å². The molecule has 158 valence electrons. The number of aryl methyl sites for hydroxylation is 2. The standard InChI is InChI=1S/C25H24N2O4/c1-17-7-10-22(13-18(17)2)27-24(28)16-31-23-6-4-5-19(14-23)15-26-21-11-8-20(9-12-21)25(29)30-3/h4-15H,16H2,1-3H3,(H,27,28). The lowest BCUT2D eigenvalue weighted by molar-refractivity contribution is -0.118. The molecule has 0 aliphatic carbocycles. The molecule has 0 unspecified atom stereocenters. The van der Waals surface area contributed by atoms with Crippen LogP contribution in [0.15, 0.2) is 71.7 Å². The third-order valence-corrected chi connectivity index (χ3v) is 4.67. The first kappa shape index (κ1) is 21.8. The van der Waals surface area contributed by atoms with E-state index in [1.165, 1.54) is 12.7 Å². The summed E-state index contributed by atoms with van der Waals surface area (Å²) in [6.07, 6.45) is 1.69. The number of nitrogens with zero attached hydrogens (tertiary/aromatic N) is 1. The highest BCUT2D eigenvalue weighted by atomic mass is 16.5. The van der Waals surface area contributed by atoms with Crippen molar-refractivity contribution in [3.63, 3.8) is 0 Å². The van der Waals surface area contributed by atoms with Gasteiger partial charge in [-0.1, -0.05) is 18.2 Å². The Bertz CT molecular complexity index is 1100. The molecule has 0 bridgehead atoms. The second kappa shape index (κ2) is 10.2. The number of ether oxygens (including phenoxy) is 2. The molecule has 0 heterocycles. The topological polar surface area (TPSA) is 77.0 Å². The van der Waals surface area contributed by atoms with E-state index in [0.29, 0.717) is 17.0 Å². The molecule has 3 aromatic rings. The van der Waals surface area contributed by atoms with E-state index in [2.05, 4.69) is 15.0 Å². The number of carbonyl (C=O) groups excluding carboxylic acids is 2. The smallest absolute Gasteiger partial charge is 0.337 e. The number of esters is 1. The van der Waals surface area contributed by atoms with Crippen LogP contribution in [0.1, 0.15) is 27.0 Å². The van der Waals surface area contributed by atoms with Crippen LogP contribution in [0.25, 0.3) is 0 Å². The predicted molar refractivity (Wildman–Crippen MR) is 122 cm³/mol. The summed E-state index contributed by atoms with van der Waals surface area (Å²) >= 11 is 0. The molecule has 3 aromatic carbocycles. The van der Waals surface area contributed by atoms with Gasteiger partial charge in [0.15, 0.2) is 6.61 Å². The van der Waals surface area contributed by atoms with Crippen LogP contribution < -0.4 is 10.1 Å². The van der Waals surface area contributed by atoms with E-state index in [-0.39, 0.29) is 18.5 Å². The van der Waals surface area contributed by atoms with E-state index in [4.69, 9.17) is 4.74 Å². The number of benzene rings is 3. The van der Waals surface area contributed by atoms with Crippen molar-refractivity contribution in [2.45, 2.75) is 13.8 Å². The van der Waals surface area contributed by atoms with Crippen LogP contribution in [0.4, 0.5) is 11.4 Å². The highest BCUT2D eigenvalue weighted by Crippen LogP contribution is 2.17. The number of methoxy groups -OCH3 is 1.